The summed E-state index contributed by atoms with van der Waals surface area (Å²) in [6.45, 7) is 0. The highest BCUT2D eigenvalue weighted by molar-refractivity contribution is 5.80. The van der Waals surface area contributed by atoms with Gasteiger partial charge >= 0.3 is 0 Å². The van der Waals surface area contributed by atoms with E-state index in [4.69, 9.17) is 4.74 Å². The second-order valence-electron chi connectivity index (χ2n) is 2.28. The number of hydrogen-bond donors (Lipinski definition) is 0. The third kappa shape index (κ3) is 2.18. The predicted molar refractivity (Wildman–Crippen MR) is 47.6 cm³/mol. The maximum absolute atomic E-state index is 13.3. The lowest BCUT2D eigenvalue weighted by molar-refractivity contribution is 0.215. The Bertz CT molecular complexity index is 312. The van der Waals surface area contributed by atoms with Crippen LogP contribution in [0.3, 0.4) is 0 Å². The van der Waals surface area contributed by atoms with Crippen molar-refractivity contribution in [2.45, 2.75) is 0 Å². The van der Waals surface area contributed by atoms with Crippen LogP contribution in [0.25, 0.3) is 0 Å². The van der Waals surface area contributed by atoms with Gasteiger partial charge in [0.05, 0.1) is 13.3 Å². The highest BCUT2D eigenvalue weighted by Crippen LogP contribution is 2.18. The summed E-state index contributed by atoms with van der Waals surface area (Å²) in [7, 11) is 2.81. The number of methoxy groups -OCH3 is 1. The fraction of sp³-hybridized carbons (Fsp3) is 0.222. The standard InChI is InChI=1S/C9H10FNO2/c1-12-8-5-3-4-7(9(8)10)6-11-13-2/h3-6H,1-2H3/b11-6+. The molecule has 0 unspecified atom stereocenters. The number of ether oxygens (including phenoxy) is 1. The molecule has 0 aliphatic heterocycles. The first kappa shape index (κ1) is 9.51. The van der Waals surface area contributed by atoms with Gasteiger partial charge in [0, 0.05) is 5.56 Å². The van der Waals surface area contributed by atoms with E-state index in [9.17, 15) is 4.39 Å². The van der Waals surface area contributed by atoms with E-state index < -0.39 is 5.82 Å². The first-order valence-corrected chi connectivity index (χ1v) is 3.68. The Kier molecular flexibility index (Phi) is 3.25. The van der Waals surface area contributed by atoms with Crippen LogP contribution in [0.15, 0.2) is 23.4 Å². The Labute approximate surface area is 75.8 Å². The Hall–Kier alpha value is -1.58. The molecule has 1 rings (SSSR count). The van der Waals surface area contributed by atoms with E-state index >= 15 is 0 Å². The van der Waals surface area contributed by atoms with E-state index in [1.807, 2.05) is 0 Å². The maximum Gasteiger partial charge on any atom is 0.173 e. The fourth-order valence-electron chi connectivity index (χ4n) is 0.895. The van der Waals surface area contributed by atoms with Gasteiger partial charge in [0.25, 0.3) is 0 Å². The lowest BCUT2D eigenvalue weighted by atomic mass is 10.2. The van der Waals surface area contributed by atoms with Gasteiger partial charge in [0.15, 0.2) is 11.6 Å². The highest BCUT2D eigenvalue weighted by Gasteiger charge is 2.05. The van der Waals surface area contributed by atoms with Crippen molar-refractivity contribution in [2.24, 2.45) is 5.16 Å². The highest BCUT2D eigenvalue weighted by atomic mass is 19.1. The quantitative estimate of drug-likeness (QED) is 0.528. The average Bonchev–Trinajstić information content (AvgIpc) is 2.16. The molecule has 0 aliphatic carbocycles. The number of benzene rings is 1. The number of hydrogen-bond acceptors (Lipinski definition) is 3. The number of rotatable bonds is 3. The number of nitrogens with zero attached hydrogens (tertiary/aromatic N) is 1. The van der Waals surface area contributed by atoms with Gasteiger partial charge in [-0.1, -0.05) is 17.3 Å². The van der Waals surface area contributed by atoms with Crippen molar-refractivity contribution < 1.29 is 14.0 Å². The molecule has 13 heavy (non-hydrogen) atoms. The Morgan fingerprint density at radius 3 is 2.77 bits per heavy atom. The molecular formula is C9H10FNO2. The third-order valence-electron chi connectivity index (χ3n) is 1.51. The van der Waals surface area contributed by atoms with Crippen molar-refractivity contribution in [2.75, 3.05) is 14.2 Å². The van der Waals surface area contributed by atoms with Crippen LogP contribution in [-0.4, -0.2) is 20.4 Å². The van der Waals surface area contributed by atoms with Gasteiger partial charge in [-0.3, -0.25) is 0 Å². The van der Waals surface area contributed by atoms with E-state index in [1.165, 1.54) is 20.4 Å². The largest absolute Gasteiger partial charge is 0.494 e. The monoisotopic (exact) mass is 183 g/mol. The van der Waals surface area contributed by atoms with Crippen LogP contribution < -0.4 is 4.74 Å². The molecule has 0 aliphatic rings. The molecule has 4 heteroatoms. The molecule has 0 N–H and O–H groups in total. The van der Waals surface area contributed by atoms with Crippen LogP contribution in [0, 0.1) is 5.82 Å². The van der Waals surface area contributed by atoms with Crippen LogP contribution in [-0.2, 0) is 4.84 Å². The predicted octanol–water partition coefficient (Wildman–Crippen LogP) is 1.81. The maximum atomic E-state index is 13.3. The zero-order valence-corrected chi connectivity index (χ0v) is 7.45. The van der Waals surface area contributed by atoms with Crippen LogP contribution in [0.1, 0.15) is 5.56 Å². The SMILES string of the molecule is CO/N=C/c1cccc(OC)c1F. The molecule has 0 amide bonds. The van der Waals surface area contributed by atoms with Gasteiger partial charge in [-0.05, 0) is 6.07 Å². The minimum absolute atomic E-state index is 0.194. The Morgan fingerprint density at radius 2 is 2.15 bits per heavy atom. The summed E-state index contributed by atoms with van der Waals surface area (Å²) in [6.07, 6.45) is 1.29. The Balaban J connectivity index is 3.01. The molecule has 1 aromatic carbocycles. The van der Waals surface area contributed by atoms with Gasteiger partial charge in [0.2, 0.25) is 0 Å². The van der Waals surface area contributed by atoms with Crippen molar-refractivity contribution >= 4 is 6.21 Å². The zero-order valence-electron chi connectivity index (χ0n) is 7.45. The molecular weight excluding hydrogens is 173 g/mol. The van der Waals surface area contributed by atoms with Gasteiger partial charge in [-0.15, -0.1) is 0 Å². The first-order valence-electron chi connectivity index (χ1n) is 3.68. The second kappa shape index (κ2) is 4.45. The molecule has 0 saturated carbocycles. The van der Waals surface area contributed by atoms with Crippen LogP contribution in [0.4, 0.5) is 4.39 Å². The van der Waals surface area contributed by atoms with Gasteiger partial charge in [-0.25, -0.2) is 4.39 Å². The molecule has 0 fully saturated rings. The summed E-state index contributed by atoms with van der Waals surface area (Å²) < 4.78 is 18.1. The fourth-order valence-corrected chi connectivity index (χ4v) is 0.895. The summed E-state index contributed by atoms with van der Waals surface area (Å²) in [5, 5.41) is 3.46. The van der Waals surface area contributed by atoms with Crippen molar-refractivity contribution in [3.63, 3.8) is 0 Å². The first-order chi connectivity index (χ1) is 6.29. The van der Waals surface area contributed by atoms with Gasteiger partial charge in [-0.2, -0.15) is 0 Å². The Morgan fingerprint density at radius 1 is 1.38 bits per heavy atom. The van der Waals surface area contributed by atoms with Crippen molar-refractivity contribution in [1.29, 1.82) is 0 Å². The van der Waals surface area contributed by atoms with E-state index in [1.54, 1.807) is 18.2 Å². The van der Waals surface area contributed by atoms with Crippen molar-refractivity contribution in [3.05, 3.63) is 29.6 Å². The molecule has 70 valence electrons. The molecule has 0 spiro atoms. The van der Waals surface area contributed by atoms with Crippen LogP contribution in [0.5, 0.6) is 5.75 Å². The van der Waals surface area contributed by atoms with E-state index in [0.29, 0.717) is 5.56 Å². The summed E-state index contributed by atoms with van der Waals surface area (Å²) in [5.74, 6) is -0.245. The van der Waals surface area contributed by atoms with Crippen molar-refractivity contribution in [3.8, 4) is 5.75 Å². The van der Waals surface area contributed by atoms with Crippen molar-refractivity contribution in [1.82, 2.24) is 0 Å². The topological polar surface area (TPSA) is 30.8 Å². The minimum Gasteiger partial charge on any atom is -0.494 e. The molecule has 0 atom stereocenters. The van der Waals surface area contributed by atoms with Gasteiger partial charge < -0.3 is 9.57 Å². The smallest absolute Gasteiger partial charge is 0.173 e. The summed E-state index contributed by atoms with van der Waals surface area (Å²) in [5.41, 5.74) is 0.334. The number of oxime groups is 1. The van der Waals surface area contributed by atoms with Crippen LogP contribution in [0.2, 0.25) is 0 Å². The third-order valence-corrected chi connectivity index (χ3v) is 1.51. The molecule has 0 aromatic heterocycles. The summed E-state index contributed by atoms with van der Waals surface area (Å²) in [4.78, 5) is 4.44. The lowest BCUT2D eigenvalue weighted by Crippen LogP contribution is -1.93. The molecule has 0 saturated heterocycles. The summed E-state index contributed by atoms with van der Waals surface area (Å²) in [6, 6.07) is 4.80. The van der Waals surface area contributed by atoms with Gasteiger partial charge in [0.1, 0.15) is 7.11 Å². The lowest BCUT2D eigenvalue weighted by Gasteiger charge is -2.02. The van der Waals surface area contributed by atoms with E-state index in [2.05, 4.69) is 9.99 Å². The second-order valence-corrected chi connectivity index (χ2v) is 2.28. The average molecular weight is 183 g/mol. The number of halogens is 1. The van der Waals surface area contributed by atoms with E-state index in [0.717, 1.165) is 0 Å². The molecule has 3 nitrogen and oxygen atoms in total. The molecule has 0 heterocycles. The molecule has 0 radical (unpaired) electrons. The normalized spacial score (nSPS) is 10.4. The van der Waals surface area contributed by atoms with E-state index in [-0.39, 0.29) is 5.75 Å². The molecule has 1 aromatic rings. The zero-order chi connectivity index (χ0) is 9.68. The molecule has 0 bridgehead atoms. The summed E-state index contributed by atoms with van der Waals surface area (Å²) >= 11 is 0. The minimum atomic E-state index is -0.439. The van der Waals surface area contributed by atoms with Crippen LogP contribution >= 0.6 is 0 Å².